The van der Waals surface area contributed by atoms with Gasteiger partial charge in [-0.1, -0.05) is 13.0 Å². The molecule has 2 aliphatic carbocycles. The van der Waals surface area contributed by atoms with Gasteiger partial charge in [0.15, 0.2) is 0 Å². The van der Waals surface area contributed by atoms with Crippen molar-refractivity contribution in [1.82, 2.24) is 10.3 Å². The Morgan fingerprint density at radius 2 is 2.15 bits per heavy atom. The summed E-state index contributed by atoms with van der Waals surface area (Å²) in [5, 5.41) is 2.94. The molecule has 2 aliphatic rings. The van der Waals surface area contributed by atoms with Gasteiger partial charge < -0.3 is 14.5 Å². The van der Waals surface area contributed by atoms with E-state index in [9.17, 15) is 4.79 Å². The van der Waals surface area contributed by atoms with E-state index in [0.717, 1.165) is 29.6 Å². The Bertz CT molecular complexity index is 749. The third-order valence-electron chi connectivity index (χ3n) is 5.21. The number of pyridine rings is 1. The number of furan rings is 1. The number of ether oxygens (including phenoxy) is 1. The van der Waals surface area contributed by atoms with E-state index in [1.807, 2.05) is 18.2 Å². The van der Waals surface area contributed by atoms with Crippen molar-refractivity contribution in [2.45, 2.75) is 51.5 Å². The SMILES string of the molecule is CC1CC1c1ccc(CCC(=O)NCc2ccc(OCC3CC3)nc2)o1. The third-order valence-corrected chi connectivity index (χ3v) is 5.21. The van der Waals surface area contributed by atoms with Crippen LogP contribution in [-0.4, -0.2) is 17.5 Å². The zero-order chi connectivity index (χ0) is 17.9. The fraction of sp³-hybridized carbons (Fsp3) is 0.524. The van der Waals surface area contributed by atoms with E-state index >= 15 is 0 Å². The highest BCUT2D eigenvalue weighted by Gasteiger charge is 2.36. The van der Waals surface area contributed by atoms with Crippen molar-refractivity contribution in [3.8, 4) is 5.88 Å². The van der Waals surface area contributed by atoms with Crippen LogP contribution in [0.2, 0.25) is 0 Å². The number of aromatic nitrogens is 1. The average Bonchev–Trinajstić information content (AvgIpc) is 3.57. The Labute approximate surface area is 154 Å². The molecule has 0 aliphatic heterocycles. The van der Waals surface area contributed by atoms with Crippen LogP contribution in [-0.2, 0) is 17.8 Å². The number of amides is 1. The molecular weight excluding hydrogens is 328 g/mol. The Morgan fingerprint density at radius 1 is 1.31 bits per heavy atom. The van der Waals surface area contributed by atoms with Crippen LogP contribution < -0.4 is 10.1 Å². The molecule has 0 bridgehead atoms. The summed E-state index contributed by atoms with van der Waals surface area (Å²) in [6.45, 7) is 3.48. The molecule has 2 aromatic rings. The molecular formula is C21H26N2O3. The molecule has 2 aromatic heterocycles. The van der Waals surface area contributed by atoms with Gasteiger partial charge in [-0.15, -0.1) is 0 Å². The van der Waals surface area contributed by atoms with Gasteiger partial charge in [-0.25, -0.2) is 4.98 Å². The number of nitrogens with zero attached hydrogens (tertiary/aromatic N) is 1. The van der Waals surface area contributed by atoms with Crippen LogP contribution >= 0.6 is 0 Å². The number of hydrogen-bond acceptors (Lipinski definition) is 4. The number of hydrogen-bond donors (Lipinski definition) is 1. The molecule has 5 heteroatoms. The van der Waals surface area contributed by atoms with E-state index in [0.29, 0.717) is 37.1 Å². The second-order valence-electron chi connectivity index (χ2n) is 7.66. The van der Waals surface area contributed by atoms with Crippen molar-refractivity contribution < 1.29 is 13.9 Å². The Balaban J connectivity index is 1.17. The van der Waals surface area contributed by atoms with Crippen molar-refractivity contribution in [3.63, 3.8) is 0 Å². The number of carbonyl (C=O) groups excluding carboxylic acids is 1. The van der Waals surface area contributed by atoms with Crippen LogP contribution in [0.5, 0.6) is 5.88 Å². The molecule has 138 valence electrons. The maximum Gasteiger partial charge on any atom is 0.220 e. The van der Waals surface area contributed by atoms with E-state index in [1.165, 1.54) is 19.3 Å². The predicted molar refractivity (Wildman–Crippen MR) is 97.9 cm³/mol. The van der Waals surface area contributed by atoms with Crippen molar-refractivity contribution in [1.29, 1.82) is 0 Å². The second-order valence-corrected chi connectivity index (χ2v) is 7.66. The zero-order valence-corrected chi connectivity index (χ0v) is 15.2. The lowest BCUT2D eigenvalue weighted by Gasteiger charge is -2.07. The maximum atomic E-state index is 12.0. The molecule has 1 amide bonds. The highest BCUT2D eigenvalue weighted by Crippen LogP contribution is 2.47. The Hall–Kier alpha value is -2.30. The molecule has 0 radical (unpaired) electrons. The van der Waals surface area contributed by atoms with Crippen molar-refractivity contribution in [2.75, 3.05) is 6.61 Å². The summed E-state index contributed by atoms with van der Waals surface area (Å²) in [6.07, 6.45) is 6.58. The van der Waals surface area contributed by atoms with E-state index in [-0.39, 0.29) is 5.91 Å². The molecule has 0 aromatic carbocycles. The molecule has 2 heterocycles. The quantitative estimate of drug-likeness (QED) is 0.743. The molecule has 2 unspecified atom stereocenters. The molecule has 2 saturated carbocycles. The van der Waals surface area contributed by atoms with Gasteiger partial charge in [0.2, 0.25) is 11.8 Å². The van der Waals surface area contributed by atoms with E-state index in [2.05, 4.69) is 23.3 Å². The van der Waals surface area contributed by atoms with Crippen LogP contribution in [0.1, 0.15) is 55.6 Å². The number of nitrogens with one attached hydrogen (secondary N) is 1. The van der Waals surface area contributed by atoms with Crippen LogP contribution in [0.25, 0.3) is 0 Å². The van der Waals surface area contributed by atoms with Crippen LogP contribution in [0.3, 0.4) is 0 Å². The normalized spacial score (nSPS) is 21.4. The summed E-state index contributed by atoms with van der Waals surface area (Å²) in [5.41, 5.74) is 0.972. The molecule has 2 fully saturated rings. The summed E-state index contributed by atoms with van der Waals surface area (Å²) < 4.78 is 11.5. The minimum Gasteiger partial charge on any atom is -0.477 e. The summed E-state index contributed by atoms with van der Waals surface area (Å²) in [6, 6.07) is 7.87. The summed E-state index contributed by atoms with van der Waals surface area (Å²) >= 11 is 0. The monoisotopic (exact) mass is 354 g/mol. The molecule has 1 N–H and O–H groups in total. The van der Waals surface area contributed by atoms with Gasteiger partial charge >= 0.3 is 0 Å². The standard InChI is InChI=1S/C21H26N2O3/c1-14-10-18(14)19-7-5-17(26-19)6-8-20(24)22-11-16-4-9-21(23-12-16)25-13-15-2-3-15/h4-5,7,9,12,14-15,18H,2-3,6,8,10-11,13H2,1H3,(H,22,24). The molecule has 4 rings (SSSR count). The van der Waals surface area contributed by atoms with Gasteiger partial charge in [-0.3, -0.25) is 4.79 Å². The lowest BCUT2D eigenvalue weighted by Crippen LogP contribution is -2.23. The zero-order valence-electron chi connectivity index (χ0n) is 15.2. The Morgan fingerprint density at radius 3 is 2.85 bits per heavy atom. The summed E-state index contributed by atoms with van der Waals surface area (Å²) in [4.78, 5) is 16.3. The van der Waals surface area contributed by atoms with Gasteiger partial charge in [0.1, 0.15) is 11.5 Å². The topological polar surface area (TPSA) is 64.4 Å². The number of aryl methyl sites for hydroxylation is 1. The third kappa shape index (κ3) is 4.65. The molecule has 2 atom stereocenters. The highest BCUT2D eigenvalue weighted by molar-refractivity contribution is 5.76. The largest absolute Gasteiger partial charge is 0.477 e. The smallest absolute Gasteiger partial charge is 0.220 e. The van der Waals surface area contributed by atoms with Gasteiger partial charge in [0, 0.05) is 37.6 Å². The minimum atomic E-state index is 0.0248. The first-order valence-corrected chi connectivity index (χ1v) is 9.60. The second kappa shape index (κ2) is 7.52. The van der Waals surface area contributed by atoms with Gasteiger partial charge in [0.05, 0.1) is 6.61 Å². The molecule has 0 saturated heterocycles. The molecule has 0 spiro atoms. The van der Waals surface area contributed by atoms with E-state index in [1.54, 1.807) is 6.20 Å². The van der Waals surface area contributed by atoms with Gasteiger partial charge in [-0.2, -0.15) is 0 Å². The van der Waals surface area contributed by atoms with Crippen molar-refractivity contribution in [2.24, 2.45) is 11.8 Å². The van der Waals surface area contributed by atoms with Crippen molar-refractivity contribution >= 4 is 5.91 Å². The average molecular weight is 354 g/mol. The summed E-state index contributed by atoms with van der Waals surface area (Å²) in [7, 11) is 0. The Kier molecular flexibility index (Phi) is 4.96. The predicted octanol–water partition coefficient (Wildman–Crippen LogP) is 3.84. The minimum absolute atomic E-state index is 0.0248. The first-order valence-electron chi connectivity index (χ1n) is 9.60. The van der Waals surface area contributed by atoms with Gasteiger partial charge in [0.25, 0.3) is 0 Å². The molecule has 26 heavy (non-hydrogen) atoms. The van der Waals surface area contributed by atoms with Crippen molar-refractivity contribution in [3.05, 3.63) is 47.5 Å². The van der Waals surface area contributed by atoms with Gasteiger partial charge in [-0.05, 0) is 48.8 Å². The summed E-state index contributed by atoms with van der Waals surface area (Å²) in [5.74, 6) is 4.69. The maximum absolute atomic E-state index is 12.0. The fourth-order valence-electron chi connectivity index (χ4n) is 3.06. The lowest BCUT2D eigenvalue weighted by atomic mass is 10.2. The number of carbonyl (C=O) groups is 1. The van der Waals surface area contributed by atoms with E-state index < -0.39 is 0 Å². The van der Waals surface area contributed by atoms with E-state index in [4.69, 9.17) is 9.15 Å². The molecule has 5 nitrogen and oxygen atoms in total. The number of rotatable bonds is 9. The lowest BCUT2D eigenvalue weighted by molar-refractivity contribution is -0.121. The van der Waals surface area contributed by atoms with Crippen LogP contribution in [0, 0.1) is 11.8 Å². The fourth-order valence-corrected chi connectivity index (χ4v) is 3.06. The first-order chi connectivity index (χ1) is 12.7. The first kappa shape index (κ1) is 17.1. The highest BCUT2D eigenvalue weighted by atomic mass is 16.5. The van der Waals surface area contributed by atoms with Crippen LogP contribution in [0.15, 0.2) is 34.9 Å². The van der Waals surface area contributed by atoms with Crippen LogP contribution in [0.4, 0.5) is 0 Å².